The van der Waals surface area contributed by atoms with Crippen molar-refractivity contribution in [3.8, 4) is 5.69 Å². The fourth-order valence-corrected chi connectivity index (χ4v) is 2.02. The molecule has 0 aliphatic carbocycles. The van der Waals surface area contributed by atoms with Gasteiger partial charge in [0.25, 0.3) is 0 Å². The molecule has 16 heavy (non-hydrogen) atoms. The highest BCUT2D eigenvalue weighted by atomic mass is 35.5. The minimum Gasteiger partial charge on any atom is -0.337 e. The Morgan fingerprint density at radius 3 is 2.88 bits per heavy atom. The van der Waals surface area contributed by atoms with E-state index in [2.05, 4.69) is 4.98 Å². The highest BCUT2D eigenvalue weighted by Crippen LogP contribution is 2.20. The summed E-state index contributed by atoms with van der Waals surface area (Å²) >= 11 is 10.8. The molecule has 0 amide bonds. The Kier molecular flexibility index (Phi) is 3.12. The number of aryl methyl sites for hydroxylation is 1. The van der Waals surface area contributed by atoms with Crippen molar-refractivity contribution in [3.05, 3.63) is 45.7 Å². The SMILES string of the molecule is CCc1c[nH]c(=S)n1-c1ccc(Cl)cc1F. The van der Waals surface area contributed by atoms with E-state index < -0.39 is 0 Å². The summed E-state index contributed by atoms with van der Waals surface area (Å²) in [5.74, 6) is -0.377. The van der Waals surface area contributed by atoms with Gasteiger partial charge in [0.15, 0.2) is 4.77 Å². The van der Waals surface area contributed by atoms with E-state index in [1.807, 2.05) is 6.92 Å². The lowest BCUT2D eigenvalue weighted by Crippen LogP contribution is -2.01. The average Bonchev–Trinajstić information content (AvgIpc) is 2.60. The summed E-state index contributed by atoms with van der Waals surface area (Å²) in [6, 6.07) is 4.56. The molecule has 5 heteroatoms. The molecule has 2 rings (SSSR count). The van der Waals surface area contributed by atoms with Crippen LogP contribution in [0.2, 0.25) is 5.02 Å². The van der Waals surface area contributed by atoms with Gasteiger partial charge in [-0.3, -0.25) is 4.57 Å². The lowest BCUT2D eigenvalue weighted by molar-refractivity contribution is 0.615. The second-order valence-corrected chi connectivity index (χ2v) is 4.19. The van der Waals surface area contributed by atoms with Gasteiger partial charge in [-0.25, -0.2) is 4.39 Å². The van der Waals surface area contributed by atoms with Crippen molar-refractivity contribution < 1.29 is 4.39 Å². The number of nitrogens with zero attached hydrogens (tertiary/aromatic N) is 1. The first-order valence-corrected chi connectivity index (χ1v) is 5.67. The molecule has 0 spiro atoms. The quantitative estimate of drug-likeness (QED) is 0.809. The van der Waals surface area contributed by atoms with Crippen LogP contribution >= 0.6 is 23.8 Å². The number of aromatic nitrogens is 2. The predicted molar refractivity (Wildman–Crippen MR) is 65.3 cm³/mol. The molecule has 0 atom stereocenters. The van der Waals surface area contributed by atoms with Crippen LogP contribution in [0.1, 0.15) is 12.6 Å². The van der Waals surface area contributed by atoms with E-state index in [-0.39, 0.29) is 5.82 Å². The Labute approximate surface area is 103 Å². The van der Waals surface area contributed by atoms with E-state index in [0.29, 0.717) is 15.5 Å². The van der Waals surface area contributed by atoms with Crippen LogP contribution in [0.25, 0.3) is 5.69 Å². The number of nitrogens with one attached hydrogen (secondary N) is 1. The van der Waals surface area contributed by atoms with E-state index in [1.165, 1.54) is 6.07 Å². The molecule has 0 bridgehead atoms. The van der Waals surface area contributed by atoms with Crippen molar-refractivity contribution in [2.24, 2.45) is 0 Å². The Hall–Kier alpha value is -1.13. The van der Waals surface area contributed by atoms with E-state index in [4.69, 9.17) is 23.8 Å². The van der Waals surface area contributed by atoms with Crippen LogP contribution in [-0.4, -0.2) is 9.55 Å². The lowest BCUT2D eigenvalue weighted by Gasteiger charge is -2.08. The van der Waals surface area contributed by atoms with Crippen LogP contribution in [0.5, 0.6) is 0 Å². The van der Waals surface area contributed by atoms with Gasteiger partial charge in [-0.15, -0.1) is 0 Å². The second-order valence-electron chi connectivity index (χ2n) is 3.37. The molecule has 0 radical (unpaired) electrons. The van der Waals surface area contributed by atoms with Gasteiger partial charge in [-0.2, -0.15) is 0 Å². The molecule has 0 unspecified atom stereocenters. The molecule has 1 heterocycles. The maximum Gasteiger partial charge on any atom is 0.182 e. The van der Waals surface area contributed by atoms with Crippen LogP contribution in [0.15, 0.2) is 24.4 Å². The standard InChI is InChI=1S/C11H10ClFN2S/c1-2-8-6-14-11(16)15(8)10-4-3-7(12)5-9(10)13/h3-6H,2H2,1H3,(H,14,16). The van der Waals surface area contributed by atoms with Crippen LogP contribution in [-0.2, 0) is 6.42 Å². The number of rotatable bonds is 2. The summed E-state index contributed by atoms with van der Waals surface area (Å²) in [4.78, 5) is 2.91. The summed E-state index contributed by atoms with van der Waals surface area (Å²) in [5, 5.41) is 0.376. The number of aromatic amines is 1. The van der Waals surface area contributed by atoms with E-state index in [0.717, 1.165) is 12.1 Å². The zero-order valence-electron chi connectivity index (χ0n) is 8.63. The maximum atomic E-state index is 13.7. The zero-order chi connectivity index (χ0) is 11.7. The molecule has 1 N–H and O–H groups in total. The van der Waals surface area contributed by atoms with Crippen molar-refractivity contribution in [3.63, 3.8) is 0 Å². The highest BCUT2D eigenvalue weighted by molar-refractivity contribution is 7.71. The Bertz CT molecular complexity index is 574. The number of hydrogen-bond acceptors (Lipinski definition) is 1. The highest BCUT2D eigenvalue weighted by Gasteiger charge is 2.09. The van der Waals surface area contributed by atoms with Gasteiger partial charge >= 0.3 is 0 Å². The predicted octanol–water partition coefficient (Wildman–Crippen LogP) is 3.89. The number of imidazole rings is 1. The van der Waals surface area contributed by atoms with Crippen LogP contribution in [0.4, 0.5) is 4.39 Å². The minimum absolute atomic E-state index is 0.376. The molecular weight excluding hydrogens is 247 g/mol. The molecule has 0 saturated carbocycles. The Morgan fingerprint density at radius 2 is 2.25 bits per heavy atom. The molecule has 2 aromatic rings. The molecule has 1 aromatic heterocycles. The van der Waals surface area contributed by atoms with Gasteiger partial charge in [0.2, 0.25) is 0 Å². The summed E-state index contributed by atoms with van der Waals surface area (Å²) in [6.07, 6.45) is 2.56. The van der Waals surface area contributed by atoms with Crippen molar-refractivity contribution in [1.29, 1.82) is 0 Å². The third kappa shape index (κ3) is 1.90. The summed E-state index contributed by atoms with van der Waals surface area (Å²) in [6.45, 7) is 1.99. The second kappa shape index (κ2) is 4.39. The van der Waals surface area contributed by atoms with E-state index in [1.54, 1.807) is 22.9 Å². The van der Waals surface area contributed by atoms with Crippen molar-refractivity contribution in [2.45, 2.75) is 13.3 Å². The third-order valence-corrected chi connectivity index (χ3v) is 2.90. The smallest absolute Gasteiger partial charge is 0.182 e. The molecule has 2 nitrogen and oxygen atoms in total. The maximum absolute atomic E-state index is 13.7. The van der Waals surface area contributed by atoms with Crippen molar-refractivity contribution >= 4 is 23.8 Å². The molecule has 0 fully saturated rings. The Balaban J connectivity index is 2.67. The fourth-order valence-electron chi connectivity index (χ4n) is 1.59. The summed E-state index contributed by atoms with van der Waals surface area (Å²) in [7, 11) is 0. The monoisotopic (exact) mass is 256 g/mol. The van der Waals surface area contributed by atoms with E-state index >= 15 is 0 Å². The Morgan fingerprint density at radius 1 is 1.50 bits per heavy atom. The van der Waals surface area contributed by atoms with Crippen LogP contribution in [0, 0.1) is 10.6 Å². The number of hydrogen-bond donors (Lipinski definition) is 1. The zero-order valence-corrected chi connectivity index (χ0v) is 10.2. The summed E-state index contributed by atoms with van der Waals surface area (Å²) < 4.78 is 15.9. The number of H-pyrrole nitrogens is 1. The molecular formula is C11H10ClFN2S. The molecule has 1 aromatic carbocycles. The normalized spacial score (nSPS) is 10.7. The summed E-state index contributed by atoms with van der Waals surface area (Å²) in [5.41, 5.74) is 1.36. The van der Waals surface area contributed by atoms with Crippen LogP contribution in [0.3, 0.4) is 0 Å². The topological polar surface area (TPSA) is 20.7 Å². The largest absolute Gasteiger partial charge is 0.337 e. The first kappa shape index (κ1) is 11.4. The fraction of sp³-hybridized carbons (Fsp3) is 0.182. The average molecular weight is 257 g/mol. The first-order chi connectivity index (χ1) is 7.63. The van der Waals surface area contributed by atoms with Gasteiger partial charge in [0, 0.05) is 16.9 Å². The number of halogens is 2. The molecule has 0 aliphatic heterocycles. The lowest BCUT2D eigenvalue weighted by atomic mass is 10.2. The van der Waals surface area contributed by atoms with Gasteiger partial charge in [0.1, 0.15) is 5.82 Å². The minimum atomic E-state index is -0.377. The number of benzene rings is 1. The van der Waals surface area contributed by atoms with Gasteiger partial charge in [0.05, 0.1) is 5.69 Å². The third-order valence-electron chi connectivity index (χ3n) is 2.37. The molecule has 0 saturated heterocycles. The van der Waals surface area contributed by atoms with Crippen LogP contribution < -0.4 is 0 Å². The van der Waals surface area contributed by atoms with Gasteiger partial charge < -0.3 is 4.98 Å². The first-order valence-electron chi connectivity index (χ1n) is 4.88. The van der Waals surface area contributed by atoms with Crippen molar-refractivity contribution in [1.82, 2.24) is 9.55 Å². The molecule has 0 aliphatic rings. The molecule has 84 valence electrons. The van der Waals surface area contributed by atoms with Gasteiger partial charge in [-0.1, -0.05) is 18.5 Å². The van der Waals surface area contributed by atoms with E-state index in [9.17, 15) is 4.39 Å². The van der Waals surface area contributed by atoms with Crippen molar-refractivity contribution in [2.75, 3.05) is 0 Å². The van der Waals surface area contributed by atoms with Gasteiger partial charge in [-0.05, 0) is 36.8 Å².